The number of rotatable bonds is 4. The van der Waals surface area contributed by atoms with E-state index in [9.17, 15) is 9.90 Å². The Hall–Kier alpha value is -2.99. The Morgan fingerprint density at radius 3 is 2.36 bits per heavy atom. The number of amides is 1. The molecule has 2 fully saturated rings. The fourth-order valence-corrected chi connectivity index (χ4v) is 6.42. The Kier molecular flexibility index (Phi) is 6.38. The van der Waals surface area contributed by atoms with Gasteiger partial charge in [0.05, 0.1) is 17.3 Å². The van der Waals surface area contributed by atoms with Crippen molar-refractivity contribution in [3.8, 4) is 0 Å². The van der Waals surface area contributed by atoms with E-state index in [4.69, 9.17) is 9.97 Å². The molecule has 0 spiro atoms. The van der Waals surface area contributed by atoms with Gasteiger partial charge >= 0.3 is 0 Å². The summed E-state index contributed by atoms with van der Waals surface area (Å²) >= 11 is 0. The van der Waals surface area contributed by atoms with Crippen LogP contribution in [-0.4, -0.2) is 52.1 Å². The molecule has 1 N–H and O–H groups in total. The third-order valence-corrected chi connectivity index (χ3v) is 8.65. The van der Waals surface area contributed by atoms with Crippen molar-refractivity contribution in [1.29, 1.82) is 0 Å². The number of piperidine rings is 2. The molecule has 1 aliphatic carbocycles. The van der Waals surface area contributed by atoms with Crippen molar-refractivity contribution in [1.82, 2.24) is 14.9 Å². The van der Waals surface area contributed by atoms with E-state index < -0.39 is 6.10 Å². The number of carbonyl (C=O) groups excluding carboxylic acids is 1. The number of hydrogen-bond acceptors (Lipinski definition) is 5. The van der Waals surface area contributed by atoms with Crippen molar-refractivity contribution in [2.75, 3.05) is 31.1 Å². The van der Waals surface area contributed by atoms with Crippen LogP contribution in [0.4, 0.5) is 5.95 Å². The summed E-state index contributed by atoms with van der Waals surface area (Å²) in [6.45, 7) is 5.20. The van der Waals surface area contributed by atoms with E-state index in [2.05, 4.69) is 24.0 Å². The van der Waals surface area contributed by atoms with Crippen LogP contribution in [0, 0.1) is 18.8 Å². The highest BCUT2D eigenvalue weighted by Gasteiger charge is 2.33. The topological polar surface area (TPSA) is 69.6 Å². The zero-order chi connectivity index (χ0) is 24.6. The number of nitrogens with zero attached hydrogens (tertiary/aromatic N) is 4. The molecule has 0 radical (unpaired) electrons. The predicted octanol–water partition coefficient (Wildman–Crippen LogP) is 4.62. The summed E-state index contributed by atoms with van der Waals surface area (Å²) in [7, 11) is 0. The molecule has 2 aliphatic heterocycles. The van der Waals surface area contributed by atoms with Gasteiger partial charge < -0.3 is 14.9 Å². The van der Waals surface area contributed by atoms with Gasteiger partial charge in [-0.1, -0.05) is 30.3 Å². The summed E-state index contributed by atoms with van der Waals surface area (Å²) in [6, 6.07) is 14.5. The molecule has 3 aromatic rings. The van der Waals surface area contributed by atoms with Gasteiger partial charge in [-0.05, 0) is 86.6 Å². The van der Waals surface area contributed by atoms with E-state index in [0.717, 1.165) is 81.0 Å². The fraction of sp³-hybridized carbons (Fsp3) is 0.500. The molecule has 0 bridgehead atoms. The third kappa shape index (κ3) is 4.47. The molecule has 3 heterocycles. The maximum atomic E-state index is 13.3. The first-order valence-electron chi connectivity index (χ1n) is 13.6. The van der Waals surface area contributed by atoms with Crippen molar-refractivity contribution in [3.63, 3.8) is 0 Å². The van der Waals surface area contributed by atoms with E-state index in [1.807, 2.05) is 35.2 Å². The van der Waals surface area contributed by atoms with Gasteiger partial charge in [0.15, 0.2) is 0 Å². The summed E-state index contributed by atoms with van der Waals surface area (Å²) in [5.41, 5.74) is 5.97. The Morgan fingerprint density at radius 2 is 1.64 bits per heavy atom. The molecule has 2 aromatic carbocycles. The lowest BCUT2D eigenvalue weighted by Gasteiger charge is -2.38. The van der Waals surface area contributed by atoms with Crippen LogP contribution in [0.15, 0.2) is 42.5 Å². The van der Waals surface area contributed by atoms with Crippen LogP contribution in [0.1, 0.15) is 60.6 Å². The Labute approximate surface area is 213 Å². The van der Waals surface area contributed by atoms with E-state index in [0.29, 0.717) is 0 Å². The quantitative estimate of drug-likeness (QED) is 0.585. The number of aliphatic hydroxyl groups excluding tert-OH is 1. The van der Waals surface area contributed by atoms with Crippen molar-refractivity contribution in [2.45, 2.75) is 58.0 Å². The summed E-state index contributed by atoms with van der Waals surface area (Å²) in [4.78, 5) is 27.4. The normalized spacial score (nSPS) is 20.1. The monoisotopic (exact) mass is 484 g/mol. The molecule has 188 valence electrons. The maximum Gasteiger partial charge on any atom is 0.226 e. The second-order valence-corrected chi connectivity index (χ2v) is 10.9. The van der Waals surface area contributed by atoms with E-state index in [1.165, 1.54) is 29.4 Å². The fourth-order valence-electron chi connectivity index (χ4n) is 6.42. The Bertz CT molecular complexity index is 1240. The summed E-state index contributed by atoms with van der Waals surface area (Å²) in [5, 5.41) is 11.9. The summed E-state index contributed by atoms with van der Waals surface area (Å²) in [6.07, 6.45) is 6.50. The number of aliphatic hydroxyl groups is 1. The van der Waals surface area contributed by atoms with E-state index in [-0.39, 0.29) is 17.7 Å². The minimum atomic E-state index is -0.446. The number of likely N-dealkylation sites (tertiary alicyclic amines) is 1. The van der Waals surface area contributed by atoms with Crippen LogP contribution in [-0.2, 0) is 17.6 Å². The van der Waals surface area contributed by atoms with Gasteiger partial charge in [-0.15, -0.1) is 0 Å². The predicted molar refractivity (Wildman–Crippen MR) is 142 cm³/mol. The molecule has 1 amide bonds. The van der Waals surface area contributed by atoms with Crippen LogP contribution in [0.25, 0.3) is 10.9 Å². The van der Waals surface area contributed by atoms with E-state index >= 15 is 0 Å². The van der Waals surface area contributed by atoms with Gasteiger partial charge in [0.1, 0.15) is 0 Å². The highest BCUT2D eigenvalue weighted by Crippen LogP contribution is 2.33. The van der Waals surface area contributed by atoms with Crippen molar-refractivity contribution < 1.29 is 9.90 Å². The standard InChI is InChI=1S/C30H36N4O2/c1-20-26-18-24-8-5-9-25(24)19-27(26)32-30(31-20)34-16-12-23(13-17-34)29(36)33-14-10-22(11-15-33)28(35)21-6-3-2-4-7-21/h2-4,6-7,18-19,22-23,28,35H,5,8-17H2,1H3. The van der Waals surface area contributed by atoms with E-state index in [1.54, 1.807) is 0 Å². The second kappa shape index (κ2) is 9.81. The molecule has 6 nitrogen and oxygen atoms in total. The third-order valence-electron chi connectivity index (χ3n) is 8.65. The van der Waals surface area contributed by atoms with Crippen LogP contribution in [0.3, 0.4) is 0 Å². The van der Waals surface area contributed by atoms with Gasteiger partial charge in [0.25, 0.3) is 0 Å². The lowest BCUT2D eigenvalue weighted by atomic mass is 9.86. The number of carbonyl (C=O) groups is 1. The Morgan fingerprint density at radius 1 is 0.944 bits per heavy atom. The zero-order valence-electron chi connectivity index (χ0n) is 21.2. The Balaban J connectivity index is 1.06. The number of benzene rings is 2. The molecule has 3 aliphatic rings. The van der Waals surface area contributed by atoms with Gasteiger partial charge in [-0.2, -0.15) is 0 Å². The number of hydrogen-bond donors (Lipinski definition) is 1. The molecule has 1 aromatic heterocycles. The molecule has 0 saturated carbocycles. The lowest BCUT2D eigenvalue weighted by molar-refractivity contribution is -0.138. The van der Waals surface area contributed by atoms with Crippen molar-refractivity contribution in [3.05, 3.63) is 64.8 Å². The van der Waals surface area contributed by atoms with Crippen LogP contribution < -0.4 is 4.90 Å². The molecular formula is C30H36N4O2. The average Bonchev–Trinajstić information content (AvgIpc) is 3.39. The highest BCUT2D eigenvalue weighted by atomic mass is 16.3. The number of anilines is 1. The molecule has 1 unspecified atom stereocenters. The number of aromatic nitrogens is 2. The molecular weight excluding hydrogens is 448 g/mol. The first-order chi connectivity index (χ1) is 17.6. The van der Waals surface area contributed by atoms with Gasteiger partial charge in [-0.3, -0.25) is 4.79 Å². The SMILES string of the molecule is Cc1nc(N2CCC(C(=O)N3CCC(C(O)c4ccccc4)CC3)CC2)nc2cc3c(cc12)CCC3. The molecule has 6 rings (SSSR count). The minimum absolute atomic E-state index is 0.0710. The smallest absolute Gasteiger partial charge is 0.226 e. The largest absolute Gasteiger partial charge is 0.388 e. The summed E-state index contributed by atoms with van der Waals surface area (Å²) < 4.78 is 0. The molecule has 2 saturated heterocycles. The summed E-state index contributed by atoms with van der Waals surface area (Å²) in [5.74, 6) is 1.38. The molecule has 6 heteroatoms. The first-order valence-corrected chi connectivity index (χ1v) is 13.6. The zero-order valence-corrected chi connectivity index (χ0v) is 21.2. The van der Waals surface area contributed by atoms with Gasteiger partial charge in [0.2, 0.25) is 11.9 Å². The van der Waals surface area contributed by atoms with Crippen LogP contribution >= 0.6 is 0 Å². The second-order valence-electron chi connectivity index (χ2n) is 10.9. The number of fused-ring (bicyclic) bond motifs is 2. The highest BCUT2D eigenvalue weighted by molar-refractivity contribution is 5.84. The van der Waals surface area contributed by atoms with Gasteiger partial charge in [-0.25, -0.2) is 9.97 Å². The molecule has 36 heavy (non-hydrogen) atoms. The van der Waals surface area contributed by atoms with Crippen molar-refractivity contribution >= 4 is 22.8 Å². The van der Waals surface area contributed by atoms with Crippen molar-refractivity contribution in [2.24, 2.45) is 11.8 Å². The van der Waals surface area contributed by atoms with Crippen LogP contribution in [0.5, 0.6) is 0 Å². The maximum absolute atomic E-state index is 13.3. The molecule has 1 atom stereocenters. The number of aryl methyl sites for hydroxylation is 3. The first kappa shape index (κ1) is 23.4. The average molecular weight is 485 g/mol. The lowest BCUT2D eigenvalue weighted by Crippen LogP contribution is -2.46. The minimum Gasteiger partial charge on any atom is -0.388 e. The van der Waals surface area contributed by atoms with Crippen LogP contribution in [0.2, 0.25) is 0 Å². The van der Waals surface area contributed by atoms with Gasteiger partial charge in [0, 0.05) is 37.5 Å².